The Kier molecular flexibility index (Phi) is 4.16. The largest absolute Gasteiger partial charge is 0.343 e. The number of nitriles is 1. The number of nitrogens with zero attached hydrogens (tertiary/aromatic N) is 3. The van der Waals surface area contributed by atoms with Gasteiger partial charge in [-0.1, -0.05) is 36.5 Å². The van der Waals surface area contributed by atoms with Crippen LogP contribution in [0, 0.1) is 16.0 Å². The molecule has 0 aliphatic carbocycles. The SMILES string of the molecule is CC1(C)O[C@@H](Cn2cc(C#N)c3ccccc32)[C@@H](n2ccccc2=S)O1. The van der Waals surface area contributed by atoms with E-state index in [1.54, 1.807) is 0 Å². The van der Waals surface area contributed by atoms with Crippen LogP contribution in [0.5, 0.6) is 0 Å². The van der Waals surface area contributed by atoms with Crippen LogP contribution in [0.4, 0.5) is 0 Å². The van der Waals surface area contributed by atoms with Crippen molar-refractivity contribution in [2.24, 2.45) is 0 Å². The van der Waals surface area contributed by atoms with Gasteiger partial charge in [0.15, 0.2) is 12.0 Å². The van der Waals surface area contributed by atoms with Crippen LogP contribution in [-0.2, 0) is 16.0 Å². The van der Waals surface area contributed by atoms with Crippen molar-refractivity contribution >= 4 is 23.1 Å². The molecule has 0 unspecified atom stereocenters. The first-order valence-corrected chi connectivity index (χ1v) is 8.90. The highest BCUT2D eigenvalue weighted by atomic mass is 32.1. The lowest BCUT2D eigenvalue weighted by Crippen LogP contribution is -2.26. The highest BCUT2D eigenvalue weighted by Gasteiger charge is 2.42. The molecule has 1 fully saturated rings. The molecule has 6 heteroatoms. The summed E-state index contributed by atoms with van der Waals surface area (Å²) in [6.07, 6.45) is 3.23. The highest BCUT2D eigenvalue weighted by molar-refractivity contribution is 7.71. The van der Waals surface area contributed by atoms with Gasteiger partial charge in [0, 0.05) is 23.3 Å². The summed E-state index contributed by atoms with van der Waals surface area (Å²) < 4.78 is 17.0. The molecule has 0 spiro atoms. The normalized spacial score (nSPS) is 21.7. The minimum Gasteiger partial charge on any atom is -0.343 e. The molecule has 0 saturated carbocycles. The Labute approximate surface area is 157 Å². The van der Waals surface area contributed by atoms with Crippen molar-refractivity contribution < 1.29 is 9.47 Å². The van der Waals surface area contributed by atoms with Gasteiger partial charge in [-0.3, -0.25) is 0 Å². The average molecular weight is 365 g/mol. The predicted octanol–water partition coefficient (Wildman–Crippen LogP) is 4.39. The quantitative estimate of drug-likeness (QED) is 0.646. The van der Waals surface area contributed by atoms with Crippen LogP contribution in [0.1, 0.15) is 25.6 Å². The summed E-state index contributed by atoms with van der Waals surface area (Å²) in [6, 6.07) is 15.9. The van der Waals surface area contributed by atoms with Gasteiger partial charge < -0.3 is 18.6 Å². The molecule has 2 atom stereocenters. The summed E-state index contributed by atoms with van der Waals surface area (Å²) in [5.74, 6) is -0.707. The van der Waals surface area contributed by atoms with E-state index < -0.39 is 5.79 Å². The van der Waals surface area contributed by atoms with Crippen LogP contribution in [0.15, 0.2) is 54.9 Å². The zero-order chi connectivity index (χ0) is 18.3. The maximum absolute atomic E-state index is 9.42. The molecule has 1 saturated heterocycles. The third kappa shape index (κ3) is 2.95. The minimum atomic E-state index is -0.707. The third-order valence-electron chi connectivity index (χ3n) is 4.57. The summed E-state index contributed by atoms with van der Waals surface area (Å²) in [6.45, 7) is 4.37. The van der Waals surface area contributed by atoms with Crippen molar-refractivity contribution in [3.63, 3.8) is 0 Å². The standard InChI is InChI=1S/C20H19N3O2S/c1-20(2)24-17(19(25-20)23-10-6-5-9-18(23)26)13-22-12-14(11-21)15-7-3-4-8-16(15)22/h3-10,12,17,19H,13H2,1-2H3/t17-,19-/m0/s1. The number of para-hydroxylation sites is 1. The van der Waals surface area contributed by atoms with E-state index in [4.69, 9.17) is 21.7 Å². The first-order chi connectivity index (χ1) is 12.5. The number of hydrogen-bond acceptors (Lipinski definition) is 4. The van der Waals surface area contributed by atoms with E-state index in [0.29, 0.717) is 16.7 Å². The van der Waals surface area contributed by atoms with Gasteiger partial charge in [0.05, 0.1) is 12.1 Å². The number of benzene rings is 1. The van der Waals surface area contributed by atoms with Crippen molar-refractivity contribution in [3.8, 4) is 6.07 Å². The lowest BCUT2D eigenvalue weighted by molar-refractivity contribution is -0.154. The summed E-state index contributed by atoms with van der Waals surface area (Å²) in [5, 5.41) is 10.4. The van der Waals surface area contributed by atoms with Gasteiger partial charge in [0.25, 0.3) is 0 Å². The number of aromatic nitrogens is 2. The molecule has 1 aromatic carbocycles. The second kappa shape index (κ2) is 6.36. The highest BCUT2D eigenvalue weighted by Crippen LogP contribution is 2.36. The molecule has 0 bridgehead atoms. The second-order valence-corrected chi connectivity index (χ2v) is 7.25. The average Bonchev–Trinajstić information content (AvgIpc) is 3.12. The minimum absolute atomic E-state index is 0.235. The number of rotatable bonds is 3. The molecule has 26 heavy (non-hydrogen) atoms. The van der Waals surface area contributed by atoms with Crippen LogP contribution in [0.2, 0.25) is 0 Å². The molecule has 0 amide bonds. The molecular weight excluding hydrogens is 346 g/mol. The van der Waals surface area contributed by atoms with Gasteiger partial charge in [-0.2, -0.15) is 5.26 Å². The van der Waals surface area contributed by atoms with E-state index >= 15 is 0 Å². The van der Waals surface area contributed by atoms with E-state index in [9.17, 15) is 5.26 Å². The number of ether oxygens (including phenoxy) is 2. The zero-order valence-corrected chi connectivity index (χ0v) is 15.4. The topological polar surface area (TPSA) is 52.1 Å². The predicted molar refractivity (Wildman–Crippen MR) is 101 cm³/mol. The first-order valence-electron chi connectivity index (χ1n) is 8.49. The Morgan fingerprint density at radius 2 is 1.92 bits per heavy atom. The summed E-state index contributed by atoms with van der Waals surface area (Å²) in [5.41, 5.74) is 1.67. The zero-order valence-electron chi connectivity index (χ0n) is 14.6. The Bertz CT molecular complexity index is 1060. The van der Waals surface area contributed by atoms with Crippen LogP contribution >= 0.6 is 12.2 Å². The molecular formula is C20H19N3O2S. The fourth-order valence-electron chi connectivity index (χ4n) is 3.51. The van der Waals surface area contributed by atoms with E-state index in [1.807, 2.05) is 73.3 Å². The third-order valence-corrected chi connectivity index (χ3v) is 4.92. The molecule has 3 aromatic rings. The van der Waals surface area contributed by atoms with Crippen molar-refractivity contribution in [2.45, 2.75) is 38.5 Å². The molecule has 5 nitrogen and oxygen atoms in total. The molecule has 3 heterocycles. The van der Waals surface area contributed by atoms with Gasteiger partial charge >= 0.3 is 0 Å². The second-order valence-electron chi connectivity index (χ2n) is 6.83. The number of hydrogen-bond donors (Lipinski definition) is 0. The molecule has 2 aromatic heterocycles. The van der Waals surface area contributed by atoms with E-state index in [0.717, 1.165) is 10.9 Å². The van der Waals surface area contributed by atoms with Gasteiger partial charge in [0.2, 0.25) is 0 Å². The monoisotopic (exact) mass is 365 g/mol. The Morgan fingerprint density at radius 1 is 1.15 bits per heavy atom. The van der Waals surface area contributed by atoms with Gasteiger partial charge in [-0.05, 0) is 32.0 Å². The molecule has 132 valence electrons. The maximum Gasteiger partial charge on any atom is 0.166 e. The van der Waals surface area contributed by atoms with E-state index in [2.05, 4.69) is 10.6 Å². The number of pyridine rings is 1. The Hall–Kier alpha value is -2.46. The van der Waals surface area contributed by atoms with Gasteiger partial charge in [-0.25, -0.2) is 0 Å². The van der Waals surface area contributed by atoms with Crippen molar-refractivity contribution in [1.29, 1.82) is 5.26 Å². The van der Waals surface area contributed by atoms with Crippen molar-refractivity contribution in [2.75, 3.05) is 0 Å². The molecule has 1 aliphatic rings. The lowest BCUT2D eigenvalue weighted by atomic mass is 10.2. The molecule has 1 aliphatic heterocycles. The molecule has 0 radical (unpaired) electrons. The van der Waals surface area contributed by atoms with Crippen molar-refractivity contribution in [3.05, 3.63) is 65.1 Å². The smallest absolute Gasteiger partial charge is 0.166 e. The van der Waals surface area contributed by atoms with Gasteiger partial charge in [-0.15, -0.1) is 0 Å². The van der Waals surface area contributed by atoms with Crippen molar-refractivity contribution in [1.82, 2.24) is 9.13 Å². The molecule has 4 rings (SSSR count). The Morgan fingerprint density at radius 3 is 2.69 bits per heavy atom. The van der Waals surface area contributed by atoms with Crippen LogP contribution < -0.4 is 0 Å². The fourth-order valence-corrected chi connectivity index (χ4v) is 3.75. The van der Waals surface area contributed by atoms with Crippen LogP contribution in [-0.4, -0.2) is 21.0 Å². The number of fused-ring (bicyclic) bond motifs is 1. The van der Waals surface area contributed by atoms with E-state index in [1.165, 1.54) is 0 Å². The first kappa shape index (κ1) is 17.0. The summed E-state index contributed by atoms with van der Waals surface area (Å²) >= 11 is 5.46. The van der Waals surface area contributed by atoms with Crippen LogP contribution in [0.25, 0.3) is 10.9 Å². The van der Waals surface area contributed by atoms with E-state index in [-0.39, 0.29) is 12.3 Å². The van der Waals surface area contributed by atoms with Crippen LogP contribution in [0.3, 0.4) is 0 Å². The lowest BCUT2D eigenvalue weighted by Gasteiger charge is -2.21. The molecule has 0 N–H and O–H groups in total. The fraction of sp³-hybridized carbons (Fsp3) is 0.300. The maximum atomic E-state index is 9.42. The summed E-state index contributed by atoms with van der Waals surface area (Å²) in [4.78, 5) is 0. The Balaban J connectivity index is 1.74. The van der Waals surface area contributed by atoms with Gasteiger partial charge in [0.1, 0.15) is 16.8 Å². The summed E-state index contributed by atoms with van der Waals surface area (Å²) in [7, 11) is 0.